The summed E-state index contributed by atoms with van der Waals surface area (Å²) in [6.45, 7) is 4.69. The van der Waals surface area contributed by atoms with Crippen LogP contribution in [0.15, 0.2) is 12.2 Å². The molecule has 1 aromatic heterocycles. The van der Waals surface area contributed by atoms with E-state index in [4.69, 9.17) is 0 Å². The SMILES string of the molecule is CCCC1C=CCN1C(=O)c1n[nH]c2c1CN(C)CC2. The molecule has 108 valence electrons. The topological polar surface area (TPSA) is 52.2 Å². The number of aromatic nitrogens is 2. The van der Waals surface area contributed by atoms with Crippen LogP contribution in [-0.2, 0) is 13.0 Å². The van der Waals surface area contributed by atoms with Crippen molar-refractivity contribution in [1.82, 2.24) is 20.0 Å². The van der Waals surface area contributed by atoms with Gasteiger partial charge in [-0.05, 0) is 13.5 Å². The molecule has 0 radical (unpaired) electrons. The molecule has 20 heavy (non-hydrogen) atoms. The highest BCUT2D eigenvalue weighted by molar-refractivity contribution is 5.94. The highest BCUT2D eigenvalue weighted by Gasteiger charge is 2.30. The summed E-state index contributed by atoms with van der Waals surface area (Å²) in [5, 5.41) is 7.35. The van der Waals surface area contributed by atoms with E-state index >= 15 is 0 Å². The average Bonchev–Trinajstić information content (AvgIpc) is 3.04. The van der Waals surface area contributed by atoms with Crippen LogP contribution in [0, 0.1) is 0 Å². The fraction of sp³-hybridized carbons (Fsp3) is 0.600. The molecule has 0 bridgehead atoms. The maximum atomic E-state index is 12.8. The van der Waals surface area contributed by atoms with Gasteiger partial charge in [-0.2, -0.15) is 5.10 Å². The van der Waals surface area contributed by atoms with Crippen LogP contribution in [0.3, 0.4) is 0 Å². The Morgan fingerprint density at radius 1 is 1.55 bits per heavy atom. The van der Waals surface area contributed by atoms with Crippen molar-refractivity contribution in [2.75, 3.05) is 20.1 Å². The molecule has 1 amide bonds. The Morgan fingerprint density at radius 2 is 2.40 bits per heavy atom. The van der Waals surface area contributed by atoms with Gasteiger partial charge in [-0.25, -0.2) is 0 Å². The van der Waals surface area contributed by atoms with Crippen LogP contribution < -0.4 is 0 Å². The summed E-state index contributed by atoms with van der Waals surface area (Å²) >= 11 is 0. The highest BCUT2D eigenvalue weighted by atomic mass is 16.2. The van der Waals surface area contributed by atoms with Crippen molar-refractivity contribution in [3.63, 3.8) is 0 Å². The van der Waals surface area contributed by atoms with Gasteiger partial charge in [0, 0.05) is 37.3 Å². The lowest BCUT2D eigenvalue weighted by atomic mass is 10.0. The van der Waals surface area contributed by atoms with Gasteiger partial charge >= 0.3 is 0 Å². The molecule has 0 saturated carbocycles. The molecule has 2 aliphatic heterocycles. The zero-order chi connectivity index (χ0) is 14.1. The summed E-state index contributed by atoms with van der Waals surface area (Å²) in [5.41, 5.74) is 2.84. The molecular formula is C15H22N4O. The number of aromatic amines is 1. The first kappa shape index (κ1) is 13.4. The van der Waals surface area contributed by atoms with Crippen LogP contribution in [0.1, 0.15) is 41.5 Å². The first-order valence-electron chi connectivity index (χ1n) is 7.43. The number of hydrogen-bond acceptors (Lipinski definition) is 3. The number of rotatable bonds is 3. The second-order valence-corrected chi connectivity index (χ2v) is 5.76. The highest BCUT2D eigenvalue weighted by Crippen LogP contribution is 2.23. The van der Waals surface area contributed by atoms with Crippen LogP contribution in [0.4, 0.5) is 0 Å². The van der Waals surface area contributed by atoms with Crippen LogP contribution in [0.25, 0.3) is 0 Å². The molecule has 0 aromatic carbocycles. The molecule has 1 aromatic rings. The maximum Gasteiger partial charge on any atom is 0.275 e. The van der Waals surface area contributed by atoms with Gasteiger partial charge in [0.25, 0.3) is 5.91 Å². The molecule has 0 aliphatic carbocycles. The summed E-state index contributed by atoms with van der Waals surface area (Å²) in [6, 6.07) is 0.237. The number of carbonyl (C=O) groups excluding carboxylic acids is 1. The molecule has 0 fully saturated rings. The first-order valence-corrected chi connectivity index (χ1v) is 7.43. The summed E-state index contributed by atoms with van der Waals surface area (Å²) in [7, 11) is 2.08. The third kappa shape index (κ3) is 2.26. The molecule has 0 saturated heterocycles. The smallest absolute Gasteiger partial charge is 0.275 e. The van der Waals surface area contributed by atoms with Gasteiger partial charge in [0.1, 0.15) is 0 Å². The van der Waals surface area contributed by atoms with Crippen LogP contribution in [0.2, 0.25) is 0 Å². The van der Waals surface area contributed by atoms with Crippen molar-refractivity contribution in [2.45, 2.75) is 38.8 Å². The lowest BCUT2D eigenvalue weighted by molar-refractivity contribution is 0.0736. The predicted octanol–water partition coefficient (Wildman–Crippen LogP) is 1.58. The standard InChI is InChI=1S/C15H22N4O/c1-3-5-11-6-4-8-19(11)15(20)14-12-10-18(2)9-7-13(12)16-17-14/h4,6,11H,3,5,7-10H2,1-2H3,(H,16,17). The van der Waals surface area contributed by atoms with E-state index in [-0.39, 0.29) is 11.9 Å². The Morgan fingerprint density at radius 3 is 3.20 bits per heavy atom. The van der Waals surface area contributed by atoms with Gasteiger partial charge < -0.3 is 9.80 Å². The molecule has 1 N–H and O–H groups in total. The lowest BCUT2D eigenvalue weighted by Gasteiger charge is -2.26. The minimum absolute atomic E-state index is 0.0706. The summed E-state index contributed by atoms with van der Waals surface area (Å²) in [5.74, 6) is 0.0706. The number of fused-ring (bicyclic) bond motifs is 1. The Balaban J connectivity index is 1.83. The zero-order valence-electron chi connectivity index (χ0n) is 12.2. The van der Waals surface area contributed by atoms with E-state index in [0.29, 0.717) is 12.2 Å². The number of nitrogens with zero attached hydrogens (tertiary/aromatic N) is 3. The first-order chi connectivity index (χ1) is 9.70. The van der Waals surface area contributed by atoms with Gasteiger partial charge in [0.15, 0.2) is 5.69 Å². The van der Waals surface area contributed by atoms with Crippen LogP contribution in [0.5, 0.6) is 0 Å². The van der Waals surface area contributed by atoms with Crippen LogP contribution in [-0.4, -0.2) is 52.1 Å². The second-order valence-electron chi connectivity index (χ2n) is 5.76. The Labute approximate surface area is 119 Å². The van der Waals surface area contributed by atoms with Crippen molar-refractivity contribution >= 4 is 5.91 Å². The number of carbonyl (C=O) groups is 1. The van der Waals surface area contributed by atoms with E-state index in [1.165, 1.54) is 0 Å². The Hall–Kier alpha value is -1.62. The normalized spacial score (nSPS) is 22.3. The fourth-order valence-corrected chi connectivity index (χ4v) is 3.10. The van der Waals surface area contributed by atoms with Crippen molar-refractivity contribution in [3.8, 4) is 0 Å². The van der Waals surface area contributed by atoms with E-state index in [1.54, 1.807) is 0 Å². The lowest BCUT2D eigenvalue weighted by Crippen LogP contribution is -2.37. The molecule has 0 spiro atoms. The minimum atomic E-state index is 0.0706. The molecule has 2 aliphatic rings. The van der Waals surface area contributed by atoms with Crippen molar-refractivity contribution in [3.05, 3.63) is 29.1 Å². The Kier molecular flexibility index (Phi) is 3.61. The summed E-state index contributed by atoms with van der Waals surface area (Å²) < 4.78 is 0. The molecule has 3 heterocycles. The number of H-pyrrole nitrogens is 1. The monoisotopic (exact) mass is 274 g/mol. The minimum Gasteiger partial charge on any atom is -0.327 e. The molecule has 1 atom stereocenters. The molecule has 3 rings (SSSR count). The number of nitrogens with one attached hydrogen (secondary N) is 1. The van der Waals surface area contributed by atoms with E-state index in [1.807, 2.05) is 4.90 Å². The van der Waals surface area contributed by atoms with E-state index < -0.39 is 0 Å². The number of hydrogen-bond donors (Lipinski definition) is 1. The van der Waals surface area contributed by atoms with Gasteiger partial charge in [-0.3, -0.25) is 9.89 Å². The van der Waals surface area contributed by atoms with Crippen molar-refractivity contribution < 1.29 is 4.79 Å². The number of amides is 1. The molecule has 5 nitrogen and oxygen atoms in total. The molecule has 5 heteroatoms. The third-order valence-corrected chi connectivity index (χ3v) is 4.23. The van der Waals surface area contributed by atoms with E-state index in [0.717, 1.165) is 43.6 Å². The predicted molar refractivity (Wildman–Crippen MR) is 77.5 cm³/mol. The third-order valence-electron chi connectivity index (χ3n) is 4.23. The van der Waals surface area contributed by atoms with Gasteiger partial charge in [-0.15, -0.1) is 0 Å². The molecule has 1 unspecified atom stereocenters. The van der Waals surface area contributed by atoms with Gasteiger partial charge in [0.05, 0.1) is 6.04 Å². The summed E-state index contributed by atoms with van der Waals surface area (Å²) in [6.07, 6.45) is 7.29. The quantitative estimate of drug-likeness (QED) is 0.851. The van der Waals surface area contributed by atoms with Crippen molar-refractivity contribution in [2.24, 2.45) is 0 Å². The van der Waals surface area contributed by atoms with Gasteiger partial charge in [-0.1, -0.05) is 25.5 Å². The fourth-order valence-electron chi connectivity index (χ4n) is 3.10. The van der Waals surface area contributed by atoms with E-state index in [2.05, 4.69) is 41.2 Å². The van der Waals surface area contributed by atoms with E-state index in [9.17, 15) is 4.79 Å². The van der Waals surface area contributed by atoms with Crippen LogP contribution >= 0.6 is 0 Å². The molecular weight excluding hydrogens is 252 g/mol. The average molecular weight is 274 g/mol. The van der Waals surface area contributed by atoms with Crippen molar-refractivity contribution in [1.29, 1.82) is 0 Å². The number of likely N-dealkylation sites (N-methyl/N-ethyl adjacent to an activating group) is 1. The summed E-state index contributed by atoms with van der Waals surface area (Å²) in [4.78, 5) is 16.9. The second kappa shape index (κ2) is 5.40. The largest absolute Gasteiger partial charge is 0.327 e. The Bertz CT molecular complexity index is 534. The van der Waals surface area contributed by atoms with Gasteiger partial charge in [0.2, 0.25) is 0 Å². The maximum absolute atomic E-state index is 12.8. The zero-order valence-corrected chi connectivity index (χ0v) is 12.2.